The van der Waals surface area contributed by atoms with E-state index in [0.29, 0.717) is 45.1 Å². The molecule has 248 valence electrons. The first-order chi connectivity index (χ1) is 23.2. The second-order valence-corrected chi connectivity index (χ2v) is 13.9. The quantitative estimate of drug-likeness (QED) is 0.0354. The topological polar surface area (TPSA) is 119 Å². The van der Waals surface area contributed by atoms with E-state index >= 15 is 0 Å². The number of hydrogen-bond donors (Lipinski definition) is 1. The summed E-state index contributed by atoms with van der Waals surface area (Å²) in [6, 6.07) is 16.3. The van der Waals surface area contributed by atoms with E-state index in [4.69, 9.17) is 14.5 Å². The molecule has 6 rings (SSSR count). The number of ether oxygens (including phenoxy) is 2. The van der Waals surface area contributed by atoms with Crippen LogP contribution in [0.4, 0.5) is 5.13 Å². The van der Waals surface area contributed by atoms with Gasteiger partial charge in [-0.25, -0.2) is 4.98 Å². The van der Waals surface area contributed by atoms with Crippen LogP contribution in [0.3, 0.4) is 0 Å². The summed E-state index contributed by atoms with van der Waals surface area (Å²) in [7, 11) is 1.54. The summed E-state index contributed by atoms with van der Waals surface area (Å²) in [6.07, 6.45) is 4.87. The molecule has 0 aliphatic carbocycles. The number of aliphatic hydroxyl groups excluding tert-OH is 1. The highest BCUT2D eigenvalue weighted by molar-refractivity contribution is 8.00. The molecule has 10 nitrogen and oxygen atoms in total. The largest absolute Gasteiger partial charge is 0.505 e. The molecule has 4 heterocycles. The number of nitrogens with zero attached hydrogens (tertiary/aromatic N) is 5. The first-order valence-electron chi connectivity index (χ1n) is 15.8. The minimum absolute atomic E-state index is 0.0908. The van der Waals surface area contributed by atoms with Gasteiger partial charge in [-0.2, -0.15) is 0 Å². The number of carbonyl (C=O) groups is 2. The highest BCUT2D eigenvalue weighted by atomic mass is 32.2. The number of rotatable bonds is 12. The van der Waals surface area contributed by atoms with Crippen LogP contribution in [-0.2, 0) is 15.3 Å². The van der Waals surface area contributed by atoms with Gasteiger partial charge in [-0.3, -0.25) is 14.5 Å². The number of amides is 1. The van der Waals surface area contributed by atoms with E-state index in [-0.39, 0.29) is 22.2 Å². The zero-order chi connectivity index (χ0) is 33.9. The molecule has 1 saturated heterocycles. The van der Waals surface area contributed by atoms with Crippen LogP contribution >= 0.6 is 23.1 Å². The zero-order valence-corrected chi connectivity index (χ0v) is 29.2. The van der Waals surface area contributed by atoms with E-state index in [1.54, 1.807) is 25.3 Å². The van der Waals surface area contributed by atoms with E-state index in [1.807, 2.05) is 43.5 Å². The molecule has 1 atom stereocenters. The van der Waals surface area contributed by atoms with Gasteiger partial charge in [-0.1, -0.05) is 84.8 Å². The van der Waals surface area contributed by atoms with Crippen molar-refractivity contribution < 1.29 is 24.2 Å². The van der Waals surface area contributed by atoms with Gasteiger partial charge in [0.25, 0.3) is 5.78 Å². The predicted octanol–water partition coefficient (Wildman–Crippen LogP) is 7.61. The van der Waals surface area contributed by atoms with E-state index in [1.165, 1.54) is 33.6 Å². The Balaban J connectivity index is 1.43. The van der Waals surface area contributed by atoms with Crippen LogP contribution in [0, 0.1) is 20.8 Å². The van der Waals surface area contributed by atoms with Crippen LogP contribution in [0.2, 0.25) is 0 Å². The number of pyridine rings is 1. The fourth-order valence-electron chi connectivity index (χ4n) is 5.71. The van der Waals surface area contributed by atoms with Crippen LogP contribution in [-0.4, -0.2) is 50.1 Å². The van der Waals surface area contributed by atoms with Gasteiger partial charge in [0.1, 0.15) is 11.3 Å². The average molecular weight is 684 g/mol. The van der Waals surface area contributed by atoms with Crippen molar-refractivity contribution in [3.63, 3.8) is 0 Å². The number of thioether (sulfide) groups is 1. The Hall–Kier alpha value is -4.68. The van der Waals surface area contributed by atoms with Gasteiger partial charge < -0.3 is 19.0 Å². The molecular weight excluding hydrogens is 647 g/mol. The molecule has 48 heavy (non-hydrogen) atoms. The highest BCUT2D eigenvalue weighted by Crippen LogP contribution is 2.46. The number of aliphatic hydroxyl groups is 1. The predicted molar refractivity (Wildman–Crippen MR) is 188 cm³/mol. The van der Waals surface area contributed by atoms with Crippen molar-refractivity contribution in [2.75, 3.05) is 18.6 Å². The molecule has 2 aromatic carbocycles. The van der Waals surface area contributed by atoms with Crippen molar-refractivity contribution in [2.45, 2.75) is 63.1 Å². The van der Waals surface area contributed by atoms with Gasteiger partial charge in [0.15, 0.2) is 21.6 Å². The normalized spacial score (nSPS) is 15.9. The van der Waals surface area contributed by atoms with Gasteiger partial charge in [0.2, 0.25) is 5.13 Å². The Labute approximate surface area is 287 Å². The Morgan fingerprint density at radius 3 is 2.54 bits per heavy atom. The second-order valence-electron chi connectivity index (χ2n) is 11.7. The Bertz CT molecular complexity index is 2020. The molecule has 0 spiro atoms. The lowest BCUT2D eigenvalue weighted by Crippen LogP contribution is -2.29. The molecule has 0 radical (unpaired) electrons. The highest BCUT2D eigenvalue weighted by Gasteiger charge is 2.49. The number of carbonyl (C=O) groups excluding carboxylic acids is 2. The summed E-state index contributed by atoms with van der Waals surface area (Å²) >= 11 is 2.72. The van der Waals surface area contributed by atoms with Gasteiger partial charge in [-0.15, -0.1) is 10.2 Å². The monoisotopic (exact) mass is 683 g/mol. The maximum absolute atomic E-state index is 13.9. The lowest BCUT2D eigenvalue weighted by atomic mass is 9.96. The summed E-state index contributed by atoms with van der Waals surface area (Å²) in [5, 5.41) is 20.8. The fourth-order valence-corrected chi connectivity index (χ4v) is 7.54. The first kappa shape index (κ1) is 33.2. The molecule has 5 aromatic rings. The van der Waals surface area contributed by atoms with E-state index in [9.17, 15) is 14.7 Å². The molecular formula is C36H37N5O5S2. The lowest BCUT2D eigenvalue weighted by Gasteiger charge is -2.23. The minimum atomic E-state index is -1.03. The molecule has 1 fully saturated rings. The zero-order valence-electron chi connectivity index (χ0n) is 27.5. The van der Waals surface area contributed by atoms with Crippen LogP contribution in [0.1, 0.15) is 65.9 Å². The van der Waals surface area contributed by atoms with E-state index in [0.717, 1.165) is 30.4 Å². The SMILES string of the molecule is CCCCCOc1ccc(C2/C(=C(\O)c3nc4c(C)cccn4c3C)C(=O)C(=O)N2c2nnc(SCc3ccc(C)cc3)s2)cc1OC. The minimum Gasteiger partial charge on any atom is -0.505 e. The van der Waals surface area contributed by atoms with Crippen LogP contribution < -0.4 is 14.4 Å². The Kier molecular flexibility index (Phi) is 9.83. The van der Waals surface area contributed by atoms with Gasteiger partial charge in [0, 0.05) is 11.9 Å². The molecule has 3 aromatic heterocycles. The standard InChI is InChI=1S/C36H37N5O5S2/c1-6-7-8-18-46-26-16-15-25(19-27(26)45-5)30-28(31(42)29-23(4)40-17-9-10-22(3)33(40)37-29)32(43)34(44)41(30)35-38-39-36(48-35)47-20-24-13-11-21(2)12-14-24/h9-17,19,30,42H,6-8,18,20H2,1-5H3/b31-28+. The van der Waals surface area contributed by atoms with E-state index in [2.05, 4.69) is 41.4 Å². The van der Waals surface area contributed by atoms with Crippen molar-refractivity contribution >= 4 is 51.3 Å². The number of unbranched alkanes of at least 4 members (excludes halogenated alkanes) is 2. The van der Waals surface area contributed by atoms with Gasteiger partial charge in [0.05, 0.1) is 31.0 Å². The number of benzene rings is 2. The summed E-state index contributed by atoms with van der Waals surface area (Å²) < 4.78 is 14.2. The van der Waals surface area contributed by atoms with Crippen molar-refractivity contribution in [1.29, 1.82) is 0 Å². The van der Waals surface area contributed by atoms with E-state index < -0.39 is 17.7 Å². The summed E-state index contributed by atoms with van der Waals surface area (Å²) in [4.78, 5) is 33.8. The fraction of sp³-hybridized carbons (Fsp3) is 0.306. The number of anilines is 1. The molecule has 1 unspecified atom stereocenters. The number of methoxy groups -OCH3 is 1. The lowest BCUT2D eigenvalue weighted by molar-refractivity contribution is -0.132. The summed E-state index contributed by atoms with van der Waals surface area (Å²) in [5.41, 5.74) is 5.16. The third-order valence-electron chi connectivity index (χ3n) is 8.35. The maximum atomic E-state index is 13.9. The molecule has 1 aliphatic heterocycles. The van der Waals surface area contributed by atoms with Crippen LogP contribution in [0.15, 0.2) is 70.7 Å². The van der Waals surface area contributed by atoms with Gasteiger partial charge in [-0.05, 0) is 62.1 Å². The number of imidazole rings is 1. The van der Waals surface area contributed by atoms with Crippen molar-refractivity contribution in [3.8, 4) is 11.5 Å². The summed E-state index contributed by atoms with van der Waals surface area (Å²) in [5.74, 6) is -0.357. The molecule has 0 bridgehead atoms. The number of ketones is 1. The van der Waals surface area contributed by atoms with Crippen molar-refractivity contribution in [3.05, 3.63) is 100 Å². The van der Waals surface area contributed by atoms with Gasteiger partial charge >= 0.3 is 5.91 Å². The summed E-state index contributed by atoms with van der Waals surface area (Å²) in [6.45, 7) is 8.44. The first-order valence-corrected chi connectivity index (χ1v) is 17.6. The Morgan fingerprint density at radius 1 is 1.02 bits per heavy atom. The van der Waals surface area contributed by atoms with Crippen molar-refractivity contribution in [2.24, 2.45) is 0 Å². The molecule has 1 aliphatic rings. The smallest absolute Gasteiger partial charge is 0.301 e. The maximum Gasteiger partial charge on any atom is 0.301 e. The number of fused-ring (bicyclic) bond motifs is 1. The second kappa shape index (κ2) is 14.2. The molecule has 12 heteroatoms. The number of Topliss-reactive ketones (excluding diaryl/α,β-unsaturated/α-hetero) is 1. The number of aromatic nitrogens is 4. The average Bonchev–Trinajstić information content (AvgIpc) is 3.77. The van der Waals surface area contributed by atoms with Crippen molar-refractivity contribution in [1.82, 2.24) is 19.6 Å². The molecule has 1 amide bonds. The number of hydrogen-bond acceptors (Lipinski definition) is 10. The van der Waals surface area contributed by atoms with Crippen LogP contribution in [0.25, 0.3) is 11.4 Å². The number of aryl methyl sites for hydroxylation is 3. The Morgan fingerprint density at radius 2 is 1.81 bits per heavy atom. The third kappa shape index (κ3) is 6.42. The molecule has 1 N–H and O–H groups in total. The van der Waals surface area contributed by atoms with Crippen LogP contribution in [0.5, 0.6) is 11.5 Å². The third-order valence-corrected chi connectivity index (χ3v) is 10.5. The molecule has 0 saturated carbocycles.